The molecule has 0 saturated carbocycles. The van der Waals surface area contributed by atoms with Gasteiger partial charge in [-0.15, -0.1) is 12.4 Å². The molecule has 2 N–H and O–H groups in total. The summed E-state index contributed by atoms with van der Waals surface area (Å²) in [7, 11) is 0. The number of rotatable bonds is 1. The van der Waals surface area contributed by atoms with Gasteiger partial charge in [-0.1, -0.05) is 42.5 Å². The highest BCUT2D eigenvalue weighted by Gasteiger charge is 2.41. The summed E-state index contributed by atoms with van der Waals surface area (Å²) in [5.41, 5.74) is 11.8. The molecule has 0 fully saturated rings. The number of ketones is 1. The van der Waals surface area contributed by atoms with Crippen LogP contribution in [0.5, 0.6) is 0 Å². The monoisotopic (exact) mass is 341 g/mol. The van der Waals surface area contributed by atoms with E-state index in [0.29, 0.717) is 11.8 Å². The van der Waals surface area contributed by atoms with Gasteiger partial charge in [-0.3, -0.25) is 4.79 Å². The third kappa shape index (κ3) is 2.58. The highest BCUT2D eigenvalue weighted by molar-refractivity contribution is 6.11. The Hall–Kier alpha value is -1.64. The second-order valence-corrected chi connectivity index (χ2v) is 7.64. The maximum Gasteiger partial charge on any atom is 0.193 e. The number of hydrogen-bond donors (Lipinski definition) is 1. The third-order valence-electron chi connectivity index (χ3n) is 5.68. The summed E-state index contributed by atoms with van der Waals surface area (Å²) in [5, 5.41) is 0. The average Bonchev–Trinajstić information content (AvgIpc) is 2.64. The molecule has 0 amide bonds. The maximum absolute atomic E-state index is 13.1. The first kappa shape index (κ1) is 17.2. The molecule has 2 aliphatic rings. The lowest BCUT2D eigenvalue weighted by Gasteiger charge is -2.41. The van der Waals surface area contributed by atoms with E-state index in [2.05, 4.69) is 26.0 Å². The number of nitrogens with two attached hydrogens (primary N) is 1. The SMILES string of the molecule is CC(C)(N)C1CCc2cccc3c2C1Cc1ccccc1C3=O.Cl. The zero-order chi connectivity index (χ0) is 16.2. The fourth-order valence-corrected chi connectivity index (χ4v) is 4.62. The quantitative estimate of drug-likeness (QED) is 0.841. The second kappa shape index (κ2) is 6.02. The van der Waals surface area contributed by atoms with E-state index in [9.17, 15) is 4.79 Å². The van der Waals surface area contributed by atoms with Crippen molar-refractivity contribution in [1.82, 2.24) is 0 Å². The summed E-state index contributed by atoms with van der Waals surface area (Å²) in [6.07, 6.45) is 3.03. The highest BCUT2D eigenvalue weighted by atomic mass is 35.5. The van der Waals surface area contributed by atoms with E-state index in [4.69, 9.17) is 5.73 Å². The molecule has 2 atom stereocenters. The molecule has 3 heteroatoms. The Morgan fingerprint density at radius 3 is 2.42 bits per heavy atom. The fourth-order valence-electron chi connectivity index (χ4n) is 4.62. The minimum absolute atomic E-state index is 0. The van der Waals surface area contributed by atoms with Crippen molar-refractivity contribution in [3.63, 3.8) is 0 Å². The molecule has 2 nitrogen and oxygen atoms in total. The van der Waals surface area contributed by atoms with Crippen LogP contribution in [0.25, 0.3) is 0 Å². The molecule has 0 bridgehead atoms. The Morgan fingerprint density at radius 1 is 1.00 bits per heavy atom. The third-order valence-corrected chi connectivity index (χ3v) is 5.68. The van der Waals surface area contributed by atoms with E-state index in [1.165, 1.54) is 16.7 Å². The molecule has 2 aromatic carbocycles. The van der Waals surface area contributed by atoms with Crippen molar-refractivity contribution in [3.05, 3.63) is 70.3 Å². The Morgan fingerprint density at radius 2 is 1.67 bits per heavy atom. The molecule has 24 heavy (non-hydrogen) atoms. The molecule has 2 aromatic rings. The highest BCUT2D eigenvalue weighted by Crippen LogP contribution is 2.46. The van der Waals surface area contributed by atoms with Gasteiger partial charge in [0.2, 0.25) is 0 Å². The number of hydrogen-bond acceptors (Lipinski definition) is 2. The first-order chi connectivity index (χ1) is 11.0. The largest absolute Gasteiger partial charge is 0.325 e. The number of carbonyl (C=O) groups is 1. The number of fused-ring (bicyclic) bond motifs is 1. The van der Waals surface area contributed by atoms with Crippen molar-refractivity contribution in [2.75, 3.05) is 0 Å². The Balaban J connectivity index is 0.00000169. The lowest BCUT2D eigenvalue weighted by atomic mass is 9.65. The van der Waals surface area contributed by atoms with E-state index >= 15 is 0 Å². The van der Waals surface area contributed by atoms with Gasteiger partial charge in [0.05, 0.1) is 0 Å². The molecule has 0 spiro atoms. The maximum atomic E-state index is 13.1. The van der Waals surface area contributed by atoms with Crippen molar-refractivity contribution in [1.29, 1.82) is 0 Å². The van der Waals surface area contributed by atoms with E-state index in [0.717, 1.165) is 30.4 Å². The number of benzene rings is 2. The molecular formula is C21H24ClNO. The van der Waals surface area contributed by atoms with Crippen LogP contribution in [0.1, 0.15) is 58.8 Å². The van der Waals surface area contributed by atoms with Crippen LogP contribution < -0.4 is 5.73 Å². The van der Waals surface area contributed by atoms with Gasteiger partial charge in [0.1, 0.15) is 0 Å². The molecule has 0 radical (unpaired) electrons. The van der Waals surface area contributed by atoms with Crippen LogP contribution in [0.3, 0.4) is 0 Å². The minimum atomic E-state index is -0.238. The summed E-state index contributed by atoms with van der Waals surface area (Å²) in [4.78, 5) is 13.1. The first-order valence-electron chi connectivity index (χ1n) is 8.50. The van der Waals surface area contributed by atoms with Gasteiger partial charge in [-0.25, -0.2) is 0 Å². The van der Waals surface area contributed by atoms with Gasteiger partial charge in [-0.2, -0.15) is 0 Å². The van der Waals surface area contributed by atoms with Crippen LogP contribution in [0, 0.1) is 5.92 Å². The van der Waals surface area contributed by atoms with Crippen LogP contribution in [0.2, 0.25) is 0 Å². The van der Waals surface area contributed by atoms with Crippen molar-refractivity contribution >= 4 is 18.2 Å². The van der Waals surface area contributed by atoms with E-state index < -0.39 is 0 Å². The van der Waals surface area contributed by atoms with Gasteiger partial charge in [0, 0.05) is 16.7 Å². The van der Waals surface area contributed by atoms with Gasteiger partial charge in [0.25, 0.3) is 0 Å². The Bertz CT molecular complexity index is 791. The molecular weight excluding hydrogens is 318 g/mol. The number of halogens is 1. The van der Waals surface area contributed by atoms with E-state index in [1.807, 2.05) is 30.3 Å². The average molecular weight is 342 g/mol. The summed E-state index contributed by atoms with van der Waals surface area (Å²) >= 11 is 0. The predicted octanol–water partition coefficient (Wildman–Crippen LogP) is 4.28. The van der Waals surface area contributed by atoms with Crippen molar-refractivity contribution in [2.24, 2.45) is 11.7 Å². The topological polar surface area (TPSA) is 43.1 Å². The molecule has 126 valence electrons. The van der Waals surface area contributed by atoms with Crippen LogP contribution in [-0.4, -0.2) is 11.3 Å². The Kier molecular flexibility index (Phi) is 4.31. The zero-order valence-electron chi connectivity index (χ0n) is 14.2. The van der Waals surface area contributed by atoms with Crippen molar-refractivity contribution < 1.29 is 4.79 Å². The van der Waals surface area contributed by atoms with Crippen molar-refractivity contribution in [3.8, 4) is 0 Å². The fraction of sp³-hybridized carbons (Fsp3) is 0.381. The zero-order valence-corrected chi connectivity index (χ0v) is 15.0. The molecule has 2 aliphatic carbocycles. The summed E-state index contributed by atoms with van der Waals surface area (Å²) < 4.78 is 0. The minimum Gasteiger partial charge on any atom is -0.325 e. The first-order valence-corrected chi connectivity index (χ1v) is 8.50. The summed E-state index contributed by atoms with van der Waals surface area (Å²) in [6.45, 7) is 4.26. The summed E-state index contributed by atoms with van der Waals surface area (Å²) in [6, 6.07) is 14.3. The van der Waals surface area contributed by atoms with E-state index in [1.54, 1.807) is 0 Å². The van der Waals surface area contributed by atoms with Gasteiger partial charge >= 0.3 is 0 Å². The number of carbonyl (C=O) groups excluding carboxylic acids is 1. The van der Waals surface area contributed by atoms with Crippen LogP contribution in [0.4, 0.5) is 0 Å². The van der Waals surface area contributed by atoms with Crippen LogP contribution in [0.15, 0.2) is 42.5 Å². The van der Waals surface area contributed by atoms with E-state index in [-0.39, 0.29) is 23.7 Å². The van der Waals surface area contributed by atoms with Crippen molar-refractivity contribution in [2.45, 2.75) is 44.6 Å². The second-order valence-electron chi connectivity index (χ2n) is 7.64. The van der Waals surface area contributed by atoms with Gasteiger partial charge in [-0.05, 0) is 61.6 Å². The molecule has 2 unspecified atom stereocenters. The smallest absolute Gasteiger partial charge is 0.193 e. The molecule has 4 rings (SSSR count). The lowest BCUT2D eigenvalue weighted by molar-refractivity contribution is 0.103. The Labute approximate surface area is 149 Å². The number of aryl methyl sites for hydroxylation is 1. The van der Waals surface area contributed by atoms with Gasteiger partial charge < -0.3 is 5.73 Å². The lowest BCUT2D eigenvalue weighted by Crippen LogP contribution is -2.46. The molecule has 0 aliphatic heterocycles. The van der Waals surface area contributed by atoms with Gasteiger partial charge in [0.15, 0.2) is 5.78 Å². The van der Waals surface area contributed by atoms with Crippen LogP contribution >= 0.6 is 12.4 Å². The normalized spacial score (nSPS) is 22.0. The molecule has 0 saturated heterocycles. The standard InChI is InChI=1S/C21H23NO.ClH/c1-21(2,22)18-11-10-13-7-5-9-16-19(13)17(18)12-14-6-3-4-8-15(14)20(16)23;/h3-9,17-18H,10-12,22H2,1-2H3;1H. The van der Waals surface area contributed by atoms with Crippen LogP contribution in [-0.2, 0) is 12.8 Å². The summed E-state index contributed by atoms with van der Waals surface area (Å²) in [5.74, 6) is 0.910. The molecule has 0 aromatic heterocycles. The predicted molar refractivity (Wildman–Crippen MR) is 100 cm³/mol. The molecule has 0 heterocycles.